The molecule has 1 amide bonds. The van der Waals surface area contributed by atoms with Crippen LogP contribution in [0.15, 0.2) is 47.2 Å². The van der Waals surface area contributed by atoms with Crippen LogP contribution in [0.3, 0.4) is 0 Å². The van der Waals surface area contributed by atoms with E-state index in [1.807, 2.05) is 13.1 Å². The van der Waals surface area contributed by atoms with Crippen LogP contribution in [0.5, 0.6) is 5.75 Å². The predicted molar refractivity (Wildman–Crippen MR) is 113 cm³/mol. The van der Waals surface area contributed by atoms with Crippen molar-refractivity contribution in [1.82, 2.24) is 24.4 Å². The normalized spacial score (nSPS) is 11.3. The third kappa shape index (κ3) is 4.26. The first-order valence-electron chi connectivity index (χ1n) is 9.30. The van der Waals surface area contributed by atoms with Crippen LogP contribution < -0.4 is 10.1 Å². The summed E-state index contributed by atoms with van der Waals surface area (Å²) in [7, 11) is 0. The Balaban J connectivity index is 1.63. The Bertz CT molecular complexity index is 1270. The van der Waals surface area contributed by atoms with E-state index in [0.29, 0.717) is 34.8 Å². The van der Waals surface area contributed by atoms with Crippen molar-refractivity contribution in [3.05, 3.63) is 58.5 Å². The largest absolute Gasteiger partial charge is 0.435 e. The first kappa shape index (κ1) is 20.9. The van der Waals surface area contributed by atoms with E-state index in [4.69, 9.17) is 0 Å². The lowest BCUT2D eigenvalue weighted by atomic mass is 10.2. The van der Waals surface area contributed by atoms with Gasteiger partial charge in [0.2, 0.25) is 0 Å². The van der Waals surface area contributed by atoms with Crippen molar-refractivity contribution in [2.45, 2.75) is 27.0 Å². The predicted octanol–water partition coefficient (Wildman–Crippen LogP) is 4.54. The smallest absolute Gasteiger partial charge is 0.387 e. The minimum atomic E-state index is -2.91. The van der Waals surface area contributed by atoms with E-state index in [1.54, 1.807) is 34.5 Å². The summed E-state index contributed by atoms with van der Waals surface area (Å²) in [6, 6.07) is 7.61. The number of fused-ring (bicyclic) bond motifs is 1. The monoisotopic (exact) mass is 490 g/mol. The number of halogens is 3. The second kappa shape index (κ2) is 8.42. The van der Waals surface area contributed by atoms with Gasteiger partial charge in [-0.2, -0.15) is 19.0 Å². The molecule has 4 rings (SSSR count). The number of hydrogen-bond donors (Lipinski definition) is 1. The first-order chi connectivity index (χ1) is 14.9. The quantitative estimate of drug-likeness (QED) is 0.428. The molecule has 3 aromatic heterocycles. The minimum absolute atomic E-state index is 0.0177. The van der Waals surface area contributed by atoms with Crippen molar-refractivity contribution >= 4 is 33.2 Å². The zero-order valence-corrected chi connectivity index (χ0v) is 18.1. The molecule has 11 heteroatoms. The number of rotatable bonds is 6. The molecule has 4 aromatic rings. The Kier molecular flexibility index (Phi) is 5.68. The third-order valence-electron chi connectivity index (χ3n) is 4.55. The Morgan fingerprint density at radius 2 is 2.06 bits per heavy atom. The fraction of sp³-hybridized carbons (Fsp3) is 0.200. The highest BCUT2D eigenvalue weighted by Crippen LogP contribution is 2.27. The molecule has 0 bridgehead atoms. The zero-order chi connectivity index (χ0) is 22.1. The summed E-state index contributed by atoms with van der Waals surface area (Å²) >= 11 is 3.51. The molecule has 0 aliphatic carbocycles. The average Bonchev–Trinajstić information content (AvgIpc) is 3.32. The Labute approximate surface area is 184 Å². The molecule has 1 N–H and O–H groups in total. The molecule has 0 spiro atoms. The lowest BCUT2D eigenvalue weighted by Gasteiger charge is -2.10. The Morgan fingerprint density at radius 1 is 1.26 bits per heavy atom. The van der Waals surface area contributed by atoms with Gasteiger partial charge in [0.1, 0.15) is 11.4 Å². The molecule has 8 nitrogen and oxygen atoms in total. The number of aryl methyl sites for hydroxylation is 2. The highest BCUT2D eigenvalue weighted by Gasteiger charge is 2.18. The molecule has 0 unspecified atom stereocenters. The lowest BCUT2D eigenvalue weighted by Crippen LogP contribution is -2.14. The van der Waals surface area contributed by atoms with E-state index in [2.05, 4.69) is 41.2 Å². The van der Waals surface area contributed by atoms with E-state index >= 15 is 0 Å². The molecule has 0 aliphatic rings. The van der Waals surface area contributed by atoms with Crippen LogP contribution >= 0.6 is 15.9 Å². The van der Waals surface area contributed by atoms with Crippen LogP contribution in [0.4, 0.5) is 14.5 Å². The van der Waals surface area contributed by atoms with Crippen LogP contribution in [0.1, 0.15) is 23.0 Å². The molecule has 0 atom stereocenters. The van der Waals surface area contributed by atoms with E-state index in [9.17, 15) is 13.6 Å². The first-order valence-corrected chi connectivity index (χ1v) is 10.1. The molecular formula is C20H17BrF2N6O2. The van der Waals surface area contributed by atoms with Gasteiger partial charge in [0.15, 0.2) is 11.3 Å². The molecule has 31 heavy (non-hydrogen) atoms. The maximum atomic E-state index is 12.8. The van der Waals surface area contributed by atoms with Crippen molar-refractivity contribution < 1.29 is 18.3 Å². The van der Waals surface area contributed by atoms with Gasteiger partial charge in [-0.25, -0.2) is 9.50 Å². The van der Waals surface area contributed by atoms with Crippen molar-refractivity contribution in [2.75, 3.05) is 5.32 Å². The number of anilines is 1. The summed E-state index contributed by atoms with van der Waals surface area (Å²) in [5.41, 5.74) is 3.02. The van der Waals surface area contributed by atoms with Crippen LogP contribution in [-0.2, 0) is 6.54 Å². The summed E-state index contributed by atoms with van der Waals surface area (Å²) in [6.07, 6.45) is 3.49. The van der Waals surface area contributed by atoms with Crippen LogP contribution in [0.25, 0.3) is 17.0 Å². The minimum Gasteiger partial charge on any atom is -0.435 e. The van der Waals surface area contributed by atoms with Crippen molar-refractivity contribution in [3.63, 3.8) is 0 Å². The highest BCUT2D eigenvalue weighted by molar-refractivity contribution is 9.10. The molecule has 160 valence electrons. The molecule has 3 heterocycles. The fourth-order valence-electron chi connectivity index (χ4n) is 3.06. The number of carbonyl (C=O) groups is 1. The second-order valence-corrected chi connectivity index (χ2v) is 7.47. The van der Waals surface area contributed by atoms with Gasteiger partial charge in [-0.1, -0.05) is 0 Å². The Hall–Kier alpha value is -3.34. The number of nitrogens with zero attached hydrogens (tertiary/aromatic N) is 5. The summed E-state index contributed by atoms with van der Waals surface area (Å²) < 4.78 is 33.2. The maximum absolute atomic E-state index is 12.8. The summed E-state index contributed by atoms with van der Waals surface area (Å²) in [5.74, 6) is -0.440. The third-order valence-corrected chi connectivity index (χ3v) is 5.13. The molecule has 0 saturated carbocycles. The number of ether oxygens (including phenoxy) is 1. The van der Waals surface area contributed by atoms with Gasteiger partial charge in [0.25, 0.3) is 5.91 Å². The van der Waals surface area contributed by atoms with Crippen LogP contribution in [-0.4, -0.2) is 36.9 Å². The van der Waals surface area contributed by atoms with Crippen molar-refractivity contribution in [2.24, 2.45) is 0 Å². The fourth-order valence-corrected chi connectivity index (χ4v) is 3.58. The molecule has 0 radical (unpaired) electrons. The van der Waals surface area contributed by atoms with Crippen LogP contribution in [0, 0.1) is 6.92 Å². The summed E-state index contributed by atoms with van der Waals surface area (Å²) in [6.45, 7) is 1.46. The van der Waals surface area contributed by atoms with E-state index < -0.39 is 12.5 Å². The van der Waals surface area contributed by atoms with Crippen LogP contribution in [0.2, 0.25) is 0 Å². The van der Waals surface area contributed by atoms with Crippen molar-refractivity contribution in [1.29, 1.82) is 0 Å². The van der Waals surface area contributed by atoms with E-state index in [0.717, 1.165) is 4.47 Å². The standard InChI is InChI=1S/C20H17BrF2N6O2/c1-3-28-10-13(21)18(27-28)16-6-7-24-17-9-15(26-29(16)17)19(30)25-14-5-4-12(8-11(14)2)31-20(22)23/h4-10,20H,3H2,1-2H3,(H,25,30). The van der Waals surface area contributed by atoms with E-state index in [1.165, 1.54) is 18.2 Å². The van der Waals surface area contributed by atoms with Gasteiger partial charge < -0.3 is 10.1 Å². The average molecular weight is 491 g/mol. The molecule has 0 fully saturated rings. The van der Waals surface area contributed by atoms with Gasteiger partial charge in [0, 0.05) is 30.7 Å². The van der Waals surface area contributed by atoms with Gasteiger partial charge in [-0.05, 0) is 59.6 Å². The number of amides is 1. The number of nitrogens with one attached hydrogen (secondary N) is 1. The molecule has 0 saturated heterocycles. The number of alkyl halides is 2. The SMILES string of the molecule is CCn1cc(Br)c(-c2ccnc3cc(C(=O)Nc4ccc(OC(F)F)cc4C)nn23)n1. The van der Waals surface area contributed by atoms with Crippen molar-refractivity contribution in [3.8, 4) is 17.1 Å². The molecule has 0 aliphatic heterocycles. The van der Waals surface area contributed by atoms with Gasteiger partial charge in [-0.15, -0.1) is 0 Å². The molecule has 1 aromatic carbocycles. The van der Waals surface area contributed by atoms with Gasteiger partial charge >= 0.3 is 6.61 Å². The number of carbonyl (C=O) groups excluding carboxylic acids is 1. The highest BCUT2D eigenvalue weighted by atomic mass is 79.9. The van der Waals surface area contributed by atoms with Gasteiger partial charge in [0.05, 0.1) is 10.2 Å². The Morgan fingerprint density at radius 3 is 2.74 bits per heavy atom. The lowest BCUT2D eigenvalue weighted by molar-refractivity contribution is -0.0498. The number of benzene rings is 1. The summed E-state index contributed by atoms with van der Waals surface area (Å²) in [4.78, 5) is 17.0. The topological polar surface area (TPSA) is 86.3 Å². The summed E-state index contributed by atoms with van der Waals surface area (Å²) in [5, 5.41) is 11.7. The number of aromatic nitrogens is 5. The van der Waals surface area contributed by atoms with E-state index in [-0.39, 0.29) is 11.4 Å². The number of hydrogen-bond acceptors (Lipinski definition) is 5. The second-order valence-electron chi connectivity index (χ2n) is 6.62. The maximum Gasteiger partial charge on any atom is 0.387 e. The van der Waals surface area contributed by atoms with Gasteiger partial charge in [-0.3, -0.25) is 9.48 Å². The zero-order valence-electron chi connectivity index (χ0n) is 16.5. The molecular weight excluding hydrogens is 474 g/mol.